The summed E-state index contributed by atoms with van der Waals surface area (Å²) in [6, 6.07) is 5.92. The van der Waals surface area contributed by atoms with Crippen molar-refractivity contribution in [2.45, 2.75) is 46.1 Å². The molecule has 2 aromatic rings. The highest BCUT2D eigenvalue weighted by molar-refractivity contribution is 9.10. The third kappa shape index (κ3) is 3.59. The molecule has 1 aromatic heterocycles. The second-order valence-electron chi connectivity index (χ2n) is 6.84. The lowest BCUT2D eigenvalue weighted by Crippen LogP contribution is -2.15. The number of fused-ring (bicyclic) bond motifs is 1. The zero-order chi connectivity index (χ0) is 18.2. The van der Waals surface area contributed by atoms with E-state index in [9.17, 15) is 14.7 Å². The van der Waals surface area contributed by atoms with E-state index in [0.29, 0.717) is 13.0 Å². The van der Waals surface area contributed by atoms with Gasteiger partial charge in [-0.3, -0.25) is 9.59 Å². The Balaban J connectivity index is 1.99. The van der Waals surface area contributed by atoms with E-state index in [4.69, 9.17) is 4.74 Å². The van der Waals surface area contributed by atoms with Crippen LogP contribution in [0.5, 0.6) is 0 Å². The van der Waals surface area contributed by atoms with Crippen molar-refractivity contribution >= 4 is 38.8 Å². The molecule has 0 saturated heterocycles. The maximum atomic E-state index is 11.9. The molecule has 3 rings (SSSR count). The van der Waals surface area contributed by atoms with Crippen LogP contribution in [0.25, 0.3) is 10.9 Å². The zero-order valence-electron chi connectivity index (χ0n) is 14.5. The van der Waals surface area contributed by atoms with Crippen molar-refractivity contribution in [3.8, 4) is 0 Å². The zero-order valence-corrected chi connectivity index (χ0v) is 16.1. The molecule has 0 bridgehead atoms. The average molecular weight is 408 g/mol. The third-order valence-corrected chi connectivity index (χ3v) is 5.69. The van der Waals surface area contributed by atoms with Gasteiger partial charge in [-0.05, 0) is 66.1 Å². The van der Waals surface area contributed by atoms with Crippen molar-refractivity contribution in [1.82, 2.24) is 4.57 Å². The summed E-state index contributed by atoms with van der Waals surface area (Å²) in [6.45, 7) is 4.11. The Kier molecular flexibility index (Phi) is 4.91. The minimum absolute atomic E-state index is 0.0400. The average Bonchev–Trinajstić information content (AvgIpc) is 3.24. The number of halogens is 1. The molecule has 1 fully saturated rings. The van der Waals surface area contributed by atoms with Crippen LogP contribution in [0.1, 0.15) is 37.4 Å². The molecule has 0 radical (unpaired) electrons. The smallest absolute Gasteiger partial charge is 0.323 e. The molecule has 6 heteroatoms. The fourth-order valence-corrected chi connectivity index (χ4v) is 4.18. The third-order valence-electron chi connectivity index (χ3n) is 5.05. The molecule has 1 saturated carbocycles. The van der Waals surface area contributed by atoms with Gasteiger partial charge in [0, 0.05) is 15.6 Å². The largest absolute Gasteiger partial charge is 0.480 e. The summed E-state index contributed by atoms with van der Waals surface area (Å²) in [7, 11) is 0. The maximum absolute atomic E-state index is 11.9. The van der Waals surface area contributed by atoms with Crippen LogP contribution >= 0.6 is 15.9 Å². The molecule has 1 N–H and O–H groups in total. The first kappa shape index (κ1) is 18.0. The Bertz CT molecular complexity index is 836. The van der Waals surface area contributed by atoms with E-state index in [2.05, 4.69) is 15.9 Å². The second-order valence-corrected chi connectivity index (χ2v) is 7.69. The first-order valence-electron chi connectivity index (χ1n) is 8.50. The number of esters is 1. The number of hydrogen-bond donors (Lipinski definition) is 1. The van der Waals surface area contributed by atoms with Crippen molar-refractivity contribution in [2.24, 2.45) is 5.41 Å². The van der Waals surface area contributed by atoms with Gasteiger partial charge in [0.15, 0.2) is 0 Å². The molecular formula is C19H22BrNO4. The lowest BCUT2D eigenvalue weighted by molar-refractivity contribution is -0.144. The van der Waals surface area contributed by atoms with E-state index in [0.717, 1.165) is 45.9 Å². The fourth-order valence-electron chi connectivity index (χ4n) is 3.60. The lowest BCUT2D eigenvalue weighted by Gasteiger charge is -2.15. The molecule has 0 unspecified atom stereocenters. The molecule has 1 aromatic carbocycles. The highest BCUT2D eigenvalue weighted by Gasteiger charge is 2.45. The monoisotopic (exact) mass is 407 g/mol. The Morgan fingerprint density at radius 3 is 2.68 bits per heavy atom. The summed E-state index contributed by atoms with van der Waals surface area (Å²) < 4.78 is 7.85. The van der Waals surface area contributed by atoms with Gasteiger partial charge in [0.05, 0.1) is 18.5 Å². The van der Waals surface area contributed by atoms with Gasteiger partial charge in [-0.25, -0.2) is 0 Å². The molecule has 5 nitrogen and oxygen atoms in total. The van der Waals surface area contributed by atoms with Gasteiger partial charge in [-0.15, -0.1) is 0 Å². The van der Waals surface area contributed by atoms with Gasteiger partial charge in [0.25, 0.3) is 0 Å². The Hall–Kier alpha value is -1.82. The van der Waals surface area contributed by atoms with Gasteiger partial charge in [-0.1, -0.05) is 12.1 Å². The number of aromatic nitrogens is 1. The number of carboxylic acid groups (broad SMARTS) is 1. The van der Waals surface area contributed by atoms with Crippen LogP contribution in [-0.4, -0.2) is 28.2 Å². The van der Waals surface area contributed by atoms with Crippen LogP contribution < -0.4 is 0 Å². The summed E-state index contributed by atoms with van der Waals surface area (Å²) >= 11 is 3.55. The van der Waals surface area contributed by atoms with Crippen LogP contribution in [0.3, 0.4) is 0 Å². The predicted molar refractivity (Wildman–Crippen MR) is 98.6 cm³/mol. The molecule has 1 aliphatic carbocycles. The number of rotatable bonds is 7. The van der Waals surface area contributed by atoms with Gasteiger partial charge in [-0.2, -0.15) is 0 Å². The number of para-hydroxylation sites is 1. The number of nitrogens with zero attached hydrogens (tertiary/aromatic N) is 1. The Labute approximate surface area is 155 Å². The van der Waals surface area contributed by atoms with Crippen molar-refractivity contribution in [1.29, 1.82) is 0 Å². The topological polar surface area (TPSA) is 68.5 Å². The number of benzene rings is 1. The molecule has 1 aliphatic rings. The highest BCUT2D eigenvalue weighted by Crippen LogP contribution is 2.53. The second kappa shape index (κ2) is 6.83. The van der Waals surface area contributed by atoms with E-state index in [1.807, 2.05) is 36.6 Å². The summed E-state index contributed by atoms with van der Waals surface area (Å²) in [4.78, 5) is 23.2. The van der Waals surface area contributed by atoms with E-state index < -0.39 is 5.97 Å². The highest BCUT2D eigenvalue weighted by atomic mass is 79.9. The van der Waals surface area contributed by atoms with Crippen LogP contribution in [0.4, 0.5) is 0 Å². The molecule has 1 heterocycles. The van der Waals surface area contributed by atoms with E-state index in [1.165, 1.54) is 0 Å². The standard InChI is InChI=1S/C19H22BrNO4/c1-3-25-17(24)10-19(7-8-19)9-14-12(2)21(11-16(22)23)18-13(14)5-4-6-15(18)20/h4-6H,3,7-11H2,1-2H3,(H,22,23). The number of hydrogen-bond acceptors (Lipinski definition) is 3. The Morgan fingerprint density at radius 1 is 1.36 bits per heavy atom. The van der Waals surface area contributed by atoms with Crippen molar-refractivity contribution in [2.75, 3.05) is 6.61 Å². The molecule has 0 spiro atoms. The minimum atomic E-state index is -0.866. The number of carbonyl (C=O) groups is 2. The first-order valence-corrected chi connectivity index (χ1v) is 9.30. The quantitative estimate of drug-likeness (QED) is 0.702. The summed E-state index contributed by atoms with van der Waals surface area (Å²) in [5.41, 5.74) is 2.96. The first-order chi connectivity index (χ1) is 11.9. The molecule has 25 heavy (non-hydrogen) atoms. The lowest BCUT2D eigenvalue weighted by atomic mass is 9.91. The molecule has 0 aliphatic heterocycles. The normalized spacial score (nSPS) is 15.3. The number of ether oxygens (including phenoxy) is 1. The van der Waals surface area contributed by atoms with Crippen LogP contribution in [0, 0.1) is 12.3 Å². The van der Waals surface area contributed by atoms with E-state index in [1.54, 1.807) is 0 Å². The number of carbonyl (C=O) groups excluding carboxylic acids is 1. The van der Waals surface area contributed by atoms with Crippen LogP contribution in [-0.2, 0) is 27.3 Å². The number of carboxylic acids is 1. The molecular weight excluding hydrogens is 386 g/mol. The van der Waals surface area contributed by atoms with Gasteiger partial charge < -0.3 is 14.4 Å². The van der Waals surface area contributed by atoms with E-state index >= 15 is 0 Å². The van der Waals surface area contributed by atoms with E-state index in [-0.39, 0.29) is 17.9 Å². The Morgan fingerprint density at radius 2 is 2.08 bits per heavy atom. The summed E-state index contributed by atoms with van der Waals surface area (Å²) in [5, 5.41) is 10.3. The van der Waals surface area contributed by atoms with Gasteiger partial charge >= 0.3 is 11.9 Å². The van der Waals surface area contributed by atoms with Crippen molar-refractivity contribution in [3.63, 3.8) is 0 Å². The van der Waals surface area contributed by atoms with Crippen molar-refractivity contribution in [3.05, 3.63) is 33.9 Å². The van der Waals surface area contributed by atoms with Crippen LogP contribution in [0.2, 0.25) is 0 Å². The molecule has 0 atom stereocenters. The summed E-state index contributed by atoms with van der Waals surface area (Å²) in [5.74, 6) is -1.01. The summed E-state index contributed by atoms with van der Waals surface area (Å²) in [6.07, 6.45) is 3.22. The van der Waals surface area contributed by atoms with Crippen molar-refractivity contribution < 1.29 is 19.4 Å². The SMILES string of the molecule is CCOC(=O)CC1(Cc2c(C)n(CC(=O)O)c3c(Br)cccc23)CC1. The predicted octanol–water partition coefficient (Wildman–Crippen LogP) is 4.07. The fraction of sp³-hybridized carbons (Fsp3) is 0.474. The maximum Gasteiger partial charge on any atom is 0.323 e. The molecule has 0 amide bonds. The van der Waals surface area contributed by atoms with Gasteiger partial charge in [0.2, 0.25) is 0 Å². The molecule has 134 valence electrons. The number of aliphatic carboxylic acids is 1. The minimum Gasteiger partial charge on any atom is -0.480 e. The van der Waals surface area contributed by atoms with Gasteiger partial charge in [0.1, 0.15) is 6.54 Å². The van der Waals surface area contributed by atoms with Crippen LogP contribution in [0.15, 0.2) is 22.7 Å².